The van der Waals surface area contributed by atoms with Crippen molar-refractivity contribution < 1.29 is 4.79 Å². The number of hydrogen-bond donors (Lipinski definition) is 0. The first-order chi connectivity index (χ1) is 12.7. The molecule has 1 amide bonds. The molecule has 0 radical (unpaired) electrons. The van der Waals surface area contributed by atoms with Crippen LogP contribution < -0.4 is 0 Å². The van der Waals surface area contributed by atoms with Crippen LogP contribution in [0.1, 0.15) is 104 Å². The van der Waals surface area contributed by atoms with Crippen molar-refractivity contribution >= 4 is 5.91 Å². The summed E-state index contributed by atoms with van der Waals surface area (Å²) in [5.41, 5.74) is 1.23. The predicted molar refractivity (Wildman–Crippen MR) is 114 cm³/mol. The summed E-state index contributed by atoms with van der Waals surface area (Å²) in [6.07, 6.45) is 22.9. The fourth-order valence-electron chi connectivity index (χ4n) is 3.72. The number of amides is 1. The number of carbonyl (C=O) groups excluding carboxylic acids is 1. The van der Waals surface area contributed by atoms with Crippen LogP contribution in [-0.2, 0) is 4.79 Å². The molecule has 0 saturated heterocycles. The maximum Gasteiger partial charge on any atom is 0.233 e. The monoisotopic (exact) mass is 361 g/mol. The van der Waals surface area contributed by atoms with Gasteiger partial charge < -0.3 is 4.90 Å². The van der Waals surface area contributed by atoms with Crippen molar-refractivity contribution in [1.82, 2.24) is 4.90 Å². The van der Waals surface area contributed by atoms with E-state index in [4.69, 9.17) is 0 Å². The van der Waals surface area contributed by atoms with E-state index in [1.54, 1.807) is 0 Å². The Morgan fingerprint density at radius 2 is 1.38 bits per heavy atom. The molecule has 0 aromatic carbocycles. The highest BCUT2D eigenvalue weighted by Crippen LogP contribution is 2.22. The molecular formula is C24H43NO. The number of carbonyl (C=O) groups is 1. The summed E-state index contributed by atoms with van der Waals surface area (Å²) in [4.78, 5) is 15.2. The quantitative estimate of drug-likeness (QED) is 0.226. The zero-order valence-corrected chi connectivity index (χ0v) is 17.8. The van der Waals surface area contributed by atoms with E-state index in [2.05, 4.69) is 43.9 Å². The molecule has 0 N–H and O–H groups in total. The van der Waals surface area contributed by atoms with Crippen LogP contribution in [-0.4, -0.2) is 23.9 Å². The highest BCUT2D eigenvalue weighted by atomic mass is 16.2. The van der Waals surface area contributed by atoms with Gasteiger partial charge in [-0.05, 0) is 26.2 Å². The fraction of sp³-hybridized carbons (Fsp3) is 0.792. The Hall–Kier alpha value is -1.05. The second-order valence-electron chi connectivity index (χ2n) is 7.95. The summed E-state index contributed by atoms with van der Waals surface area (Å²) >= 11 is 0. The number of unbranched alkanes of at least 4 members (excludes halogenated alkanes) is 10. The van der Waals surface area contributed by atoms with Gasteiger partial charge in [-0.15, -0.1) is 0 Å². The van der Waals surface area contributed by atoms with Gasteiger partial charge in [0.05, 0.1) is 5.92 Å². The number of hydrogen-bond acceptors (Lipinski definition) is 1. The normalized spacial score (nSPS) is 16.6. The number of rotatable bonds is 15. The molecule has 1 aliphatic rings. The first-order valence-electron chi connectivity index (χ1n) is 11.3. The van der Waals surface area contributed by atoms with Gasteiger partial charge in [0.15, 0.2) is 0 Å². The molecule has 1 aliphatic carbocycles. The molecule has 1 atom stereocenters. The summed E-state index contributed by atoms with van der Waals surface area (Å²) in [5.74, 6) is 0.320. The second kappa shape index (κ2) is 15.1. The molecule has 150 valence electrons. The molecular weight excluding hydrogens is 318 g/mol. The SMILES string of the molecule is CCCCCCCCN(CCCCCCCC)C(=O)C1C=CCC=C1C. The van der Waals surface area contributed by atoms with Crippen LogP contribution in [0.2, 0.25) is 0 Å². The van der Waals surface area contributed by atoms with Crippen LogP contribution in [0.4, 0.5) is 0 Å². The topological polar surface area (TPSA) is 20.3 Å². The smallest absolute Gasteiger partial charge is 0.233 e. The average molecular weight is 362 g/mol. The fourth-order valence-corrected chi connectivity index (χ4v) is 3.72. The lowest BCUT2D eigenvalue weighted by molar-refractivity contribution is -0.133. The van der Waals surface area contributed by atoms with E-state index in [9.17, 15) is 4.79 Å². The molecule has 0 fully saturated rings. The van der Waals surface area contributed by atoms with Crippen molar-refractivity contribution in [3.8, 4) is 0 Å². The van der Waals surface area contributed by atoms with Gasteiger partial charge in [-0.25, -0.2) is 0 Å². The van der Waals surface area contributed by atoms with E-state index in [1.807, 2.05) is 0 Å². The molecule has 0 aromatic heterocycles. The molecule has 0 aromatic rings. The third kappa shape index (κ3) is 9.59. The Balaban J connectivity index is 2.43. The van der Waals surface area contributed by atoms with Gasteiger partial charge in [-0.3, -0.25) is 4.79 Å². The van der Waals surface area contributed by atoms with E-state index in [-0.39, 0.29) is 5.92 Å². The molecule has 0 spiro atoms. The van der Waals surface area contributed by atoms with Crippen molar-refractivity contribution in [2.45, 2.75) is 104 Å². The minimum atomic E-state index is -0.0102. The first kappa shape index (κ1) is 23.0. The number of nitrogens with zero attached hydrogens (tertiary/aromatic N) is 1. The summed E-state index contributed by atoms with van der Waals surface area (Å²) in [6.45, 7) is 8.51. The lowest BCUT2D eigenvalue weighted by Gasteiger charge is -2.28. The van der Waals surface area contributed by atoms with Crippen LogP contribution in [0, 0.1) is 5.92 Å². The maximum absolute atomic E-state index is 13.1. The zero-order valence-electron chi connectivity index (χ0n) is 17.8. The van der Waals surface area contributed by atoms with Crippen molar-refractivity contribution in [1.29, 1.82) is 0 Å². The summed E-state index contributed by atoms with van der Waals surface area (Å²) in [7, 11) is 0. The van der Waals surface area contributed by atoms with Gasteiger partial charge in [0.1, 0.15) is 0 Å². The highest BCUT2D eigenvalue weighted by molar-refractivity contribution is 5.83. The van der Waals surface area contributed by atoms with Gasteiger partial charge in [0.2, 0.25) is 5.91 Å². The van der Waals surface area contributed by atoms with Crippen molar-refractivity contribution in [3.63, 3.8) is 0 Å². The Morgan fingerprint density at radius 1 is 0.885 bits per heavy atom. The molecule has 0 heterocycles. The van der Waals surface area contributed by atoms with Crippen molar-refractivity contribution in [2.24, 2.45) is 5.92 Å². The lowest BCUT2D eigenvalue weighted by Crippen LogP contribution is -2.38. The first-order valence-corrected chi connectivity index (χ1v) is 11.3. The third-order valence-electron chi connectivity index (χ3n) is 5.54. The second-order valence-corrected chi connectivity index (χ2v) is 7.95. The Bertz CT molecular complexity index is 408. The predicted octanol–water partition coefficient (Wildman–Crippen LogP) is 7.06. The Kier molecular flexibility index (Phi) is 13.3. The van der Waals surface area contributed by atoms with Crippen LogP contribution >= 0.6 is 0 Å². The Labute approximate surface area is 163 Å². The highest BCUT2D eigenvalue weighted by Gasteiger charge is 2.24. The zero-order chi connectivity index (χ0) is 19.0. The van der Waals surface area contributed by atoms with Gasteiger partial charge in [0.25, 0.3) is 0 Å². The molecule has 1 rings (SSSR count). The van der Waals surface area contributed by atoms with Crippen LogP contribution in [0.3, 0.4) is 0 Å². The van der Waals surface area contributed by atoms with Crippen molar-refractivity contribution in [2.75, 3.05) is 13.1 Å². The van der Waals surface area contributed by atoms with E-state index < -0.39 is 0 Å². The maximum atomic E-state index is 13.1. The van der Waals surface area contributed by atoms with Gasteiger partial charge in [-0.1, -0.05) is 102 Å². The minimum absolute atomic E-state index is 0.0102. The molecule has 26 heavy (non-hydrogen) atoms. The summed E-state index contributed by atoms with van der Waals surface area (Å²) < 4.78 is 0. The van der Waals surface area contributed by atoms with E-state index >= 15 is 0 Å². The lowest BCUT2D eigenvalue weighted by atomic mass is 9.93. The van der Waals surface area contributed by atoms with Crippen LogP contribution in [0.15, 0.2) is 23.8 Å². The number of allylic oxidation sites excluding steroid dienone is 2. The molecule has 0 bridgehead atoms. The molecule has 0 saturated carbocycles. The standard InChI is InChI=1S/C24H43NO/c1-4-6-8-10-12-16-20-25(21-17-13-11-9-7-5-2)24(26)23-19-15-14-18-22(23)3/h15,18-19,23H,4-14,16-17,20-21H2,1-3H3. The summed E-state index contributed by atoms with van der Waals surface area (Å²) in [5, 5.41) is 0. The van der Waals surface area contributed by atoms with Crippen LogP contribution in [0.25, 0.3) is 0 Å². The largest absolute Gasteiger partial charge is 0.342 e. The van der Waals surface area contributed by atoms with E-state index in [0.717, 1.165) is 32.4 Å². The molecule has 1 unspecified atom stereocenters. The van der Waals surface area contributed by atoms with Crippen LogP contribution in [0.5, 0.6) is 0 Å². The molecule has 0 aliphatic heterocycles. The van der Waals surface area contributed by atoms with E-state index in [0.29, 0.717) is 5.91 Å². The molecule has 2 nitrogen and oxygen atoms in total. The summed E-state index contributed by atoms with van der Waals surface area (Å²) in [6, 6.07) is 0. The van der Waals surface area contributed by atoms with Gasteiger partial charge in [0, 0.05) is 13.1 Å². The minimum Gasteiger partial charge on any atom is -0.342 e. The average Bonchev–Trinajstić information content (AvgIpc) is 2.65. The van der Waals surface area contributed by atoms with Gasteiger partial charge >= 0.3 is 0 Å². The Morgan fingerprint density at radius 3 is 1.88 bits per heavy atom. The van der Waals surface area contributed by atoms with E-state index in [1.165, 1.54) is 69.8 Å². The molecule has 2 heteroatoms. The third-order valence-corrected chi connectivity index (χ3v) is 5.54. The van der Waals surface area contributed by atoms with Crippen molar-refractivity contribution in [3.05, 3.63) is 23.8 Å². The van der Waals surface area contributed by atoms with Gasteiger partial charge in [-0.2, -0.15) is 0 Å².